The Morgan fingerprint density at radius 1 is 1.19 bits per heavy atom. The zero-order valence-corrected chi connectivity index (χ0v) is 21.2. The van der Waals surface area contributed by atoms with E-state index in [1.54, 1.807) is 0 Å². The number of rotatable bonds is 4. The van der Waals surface area contributed by atoms with Gasteiger partial charge in [-0.1, -0.05) is 22.6 Å². The van der Waals surface area contributed by atoms with E-state index in [9.17, 15) is 4.79 Å². The first-order chi connectivity index (χ1) is 14.7. The number of ether oxygens (including phenoxy) is 2. The average Bonchev–Trinajstić information content (AvgIpc) is 3.09. The van der Waals surface area contributed by atoms with Gasteiger partial charge in [-0.25, -0.2) is 0 Å². The molecule has 1 aromatic heterocycles. The predicted octanol–water partition coefficient (Wildman–Crippen LogP) is 5.00. The third-order valence-electron chi connectivity index (χ3n) is 6.21. The molecule has 1 amide bonds. The van der Waals surface area contributed by atoms with Crippen LogP contribution >= 0.6 is 22.6 Å². The van der Waals surface area contributed by atoms with Gasteiger partial charge in [0.15, 0.2) is 5.76 Å². The Balaban J connectivity index is 1.49. The first kappa shape index (κ1) is 22.9. The number of fused-ring (bicyclic) bond motifs is 1. The average molecular weight is 540 g/mol. The van der Waals surface area contributed by atoms with Gasteiger partial charge in [0, 0.05) is 37.5 Å². The van der Waals surface area contributed by atoms with Gasteiger partial charge < -0.3 is 18.8 Å². The van der Waals surface area contributed by atoms with Crippen molar-refractivity contribution in [2.45, 2.75) is 75.9 Å². The van der Waals surface area contributed by atoms with E-state index < -0.39 is 0 Å². The number of nitrogens with zero attached hydrogens (tertiary/aromatic N) is 2. The van der Waals surface area contributed by atoms with Crippen molar-refractivity contribution in [3.05, 3.63) is 29.5 Å². The number of aryl methyl sites for hydroxylation is 1. The third kappa shape index (κ3) is 5.03. The minimum Gasteiger partial charge on any atom is -0.490 e. The van der Waals surface area contributed by atoms with Gasteiger partial charge in [0.2, 0.25) is 0 Å². The number of piperidine rings is 1. The van der Waals surface area contributed by atoms with Gasteiger partial charge in [0.05, 0.1) is 16.3 Å². The van der Waals surface area contributed by atoms with Crippen LogP contribution in [0.3, 0.4) is 0 Å². The summed E-state index contributed by atoms with van der Waals surface area (Å²) < 4.78 is 18.6. The highest BCUT2D eigenvalue weighted by molar-refractivity contribution is 14.1. The molecule has 2 aromatic rings. The normalized spacial score (nSPS) is 27.8. The highest BCUT2D eigenvalue weighted by atomic mass is 127. The fourth-order valence-electron chi connectivity index (χ4n) is 4.67. The first-order valence-corrected chi connectivity index (χ1v) is 12.5. The summed E-state index contributed by atoms with van der Waals surface area (Å²) in [6.45, 7) is 12.7. The Morgan fingerprint density at radius 3 is 2.55 bits per heavy atom. The number of hydrogen-bond donors (Lipinski definition) is 0. The third-order valence-corrected chi connectivity index (χ3v) is 7.44. The van der Waals surface area contributed by atoms with Crippen molar-refractivity contribution in [3.63, 3.8) is 0 Å². The number of carbonyl (C=O) groups excluding carboxylic acids is 1. The van der Waals surface area contributed by atoms with Gasteiger partial charge >= 0.3 is 0 Å². The van der Waals surface area contributed by atoms with Crippen molar-refractivity contribution in [1.29, 1.82) is 0 Å². The molecule has 170 valence electrons. The predicted molar refractivity (Wildman–Crippen MR) is 130 cm³/mol. The fraction of sp³-hybridized carbons (Fsp3) is 0.625. The maximum Gasteiger partial charge on any atom is 0.289 e. The molecule has 0 spiro atoms. The number of alkyl halides is 1. The van der Waals surface area contributed by atoms with Crippen LogP contribution in [0, 0.1) is 6.92 Å². The van der Waals surface area contributed by atoms with Gasteiger partial charge in [-0.2, -0.15) is 0 Å². The lowest BCUT2D eigenvalue weighted by Gasteiger charge is -2.39. The summed E-state index contributed by atoms with van der Waals surface area (Å²) in [7, 11) is 0. The van der Waals surface area contributed by atoms with Gasteiger partial charge in [0.25, 0.3) is 5.91 Å². The van der Waals surface area contributed by atoms with Crippen molar-refractivity contribution in [3.8, 4) is 5.75 Å². The van der Waals surface area contributed by atoms with E-state index in [2.05, 4.69) is 41.3 Å². The molecule has 7 heteroatoms. The number of carbonyl (C=O) groups is 1. The van der Waals surface area contributed by atoms with Crippen LogP contribution in [0.15, 0.2) is 22.6 Å². The topological polar surface area (TPSA) is 55.2 Å². The smallest absolute Gasteiger partial charge is 0.289 e. The minimum atomic E-state index is -0.0767. The number of furan rings is 1. The second-order valence-electron chi connectivity index (χ2n) is 9.26. The van der Waals surface area contributed by atoms with Crippen LogP contribution in [-0.4, -0.2) is 63.7 Å². The van der Waals surface area contributed by atoms with Gasteiger partial charge in [-0.15, -0.1) is 0 Å². The maximum atomic E-state index is 13.0. The Morgan fingerprint density at radius 2 is 1.90 bits per heavy atom. The molecule has 31 heavy (non-hydrogen) atoms. The van der Waals surface area contributed by atoms with E-state index >= 15 is 0 Å². The summed E-state index contributed by atoms with van der Waals surface area (Å²) in [6, 6.07) is 6.40. The second kappa shape index (κ2) is 9.27. The Labute approximate surface area is 198 Å². The van der Waals surface area contributed by atoms with Crippen molar-refractivity contribution < 1.29 is 18.7 Å². The van der Waals surface area contributed by atoms with Crippen LogP contribution in [0.1, 0.15) is 56.7 Å². The van der Waals surface area contributed by atoms with Crippen molar-refractivity contribution >= 4 is 39.5 Å². The molecule has 0 saturated carbocycles. The molecule has 2 aliphatic heterocycles. The van der Waals surface area contributed by atoms with E-state index in [0.717, 1.165) is 41.7 Å². The van der Waals surface area contributed by atoms with E-state index in [-0.39, 0.29) is 24.2 Å². The first-order valence-electron chi connectivity index (χ1n) is 11.3. The van der Waals surface area contributed by atoms with Crippen LogP contribution in [-0.2, 0) is 4.74 Å². The van der Waals surface area contributed by atoms with Crippen LogP contribution < -0.4 is 4.74 Å². The van der Waals surface area contributed by atoms with E-state index in [4.69, 9.17) is 13.9 Å². The molecule has 0 bridgehead atoms. The molecule has 2 fully saturated rings. The molecule has 6 nitrogen and oxygen atoms in total. The van der Waals surface area contributed by atoms with Crippen molar-refractivity contribution in [2.75, 3.05) is 19.6 Å². The largest absolute Gasteiger partial charge is 0.490 e. The van der Waals surface area contributed by atoms with E-state index in [1.165, 1.54) is 0 Å². The summed E-state index contributed by atoms with van der Waals surface area (Å²) in [5.41, 5.74) is 1.76. The van der Waals surface area contributed by atoms with Crippen LogP contribution in [0.4, 0.5) is 0 Å². The highest BCUT2D eigenvalue weighted by Crippen LogP contribution is 2.33. The number of benzene rings is 1. The lowest BCUT2D eigenvalue weighted by molar-refractivity contribution is -0.0591. The zero-order chi connectivity index (χ0) is 22.3. The van der Waals surface area contributed by atoms with Crippen LogP contribution in [0.25, 0.3) is 11.0 Å². The van der Waals surface area contributed by atoms with Gasteiger partial charge in [-0.3, -0.25) is 9.69 Å². The number of amides is 1. The molecule has 4 rings (SSSR count). The Kier molecular flexibility index (Phi) is 6.84. The molecular formula is C24H33IN2O4. The molecule has 2 saturated heterocycles. The molecule has 4 unspecified atom stereocenters. The Hall–Kier alpha value is -1.32. The monoisotopic (exact) mass is 540 g/mol. The number of morpholine rings is 1. The van der Waals surface area contributed by atoms with Crippen molar-refractivity contribution in [2.24, 2.45) is 0 Å². The summed E-state index contributed by atoms with van der Waals surface area (Å²) in [5.74, 6) is 1.19. The van der Waals surface area contributed by atoms with Gasteiger partial charge in [-0.05, 0) is 64.8 Å². The summed E-state index contributed by atoms with van der Waals surface area (Å²) in [5, 5.41) is 0.906. The summed E-state index contributed by atoms with van der Waals surface area (Å²) in [6.07, 6.45) is 2.31. The lowest BCUT2D eigenvalue weighted by Crippen LogP contribution is -2.48. The molecule has 2 aliphatic rings. The fourth-order valence-corrected chi connectivity index (χ4v) is 6.16. The number of halogens is 1. The standard InChI is InChI=1S/C24H33IN2O4/c1-14(2)27-7-6-19(11-23(27)25)30-20-9-18-10-22(31-21(18)8-15(20)3)24(28)26-12-16(4)29-17(5)13-26/h8-10,14,16-17,19,23H,6-7,11-13H2,1-5H3. The lowest BCUT2D eigenvalue weighted by atomic mass is 10.1. The maximum absolute atomic E-state index is 13.0. The molecule has 1 aromatic carbocycles. The van der Waals surface area contributed by atoms with Crippen LogP contribution in [0.2, 0.25) is 0 Å². The zero-order valence-electron chi connectivity index (χ0n) is 19.1. The summed E-state index contributed by atoms with van der Waals surface area (Å²) in [4.78, 5) is 17.4. The van der Waals surface area contributed by atoms with Crippen molar-refractivity contribution in [1.82, 2.24) is 9.80 Å². The molecule has 0 N–H and O–H groups in total. The van der Waals surface area contributed by atoms with Gasteiger partial charge in [0.1, 0.15) is 17.4 Å². The minimum absolute atomic E-state index is 0.0307. The molecule has 4 atom stereocenters. The van der Waals surface area contributed by atoms with E-state index in [1.807, 2.05) is 43.9 Å². The Bertz CT molecular complexity index is 933. The molecule has 0 aliphatic carbocycles. The summed E-state index contributed by atoms with van der Waals surface area (Å²) >= 11 is 2.53. The second-order valence-corrected chi connectivity index (χ2v) is 10.7. The number of hydrogen-bond acceptors (Lipinski definition) is 5. The van der Waals surface area contributed by atoms with E-state index in [0.29, 0.717) is 28.9 Å². The molecular weight excluding hydrogens is 507 g/mol. The molecule has 3 heterocycles. The quantitative estimate of drug-likeness (QED) is 0.310. The van der Waals surface area contributed by atoms with Crippen LogP contribution in [0.5, 0.6) is 5.75 Å². The SMILES string of the molecule is Cc1cc2oc(C(=O)N3CC(C)OC(C)C3)cc2cc1OC1CCN(C(C)C)C(I)C1. The number of likely N-dealkylation sites (tertiary alicyclic amines) is 1. The molecule has 0 radical (unpaired) electrons. The highest BCUT2D eigenvalue weighted by Gasteiger charge is 2.30.